The number of piperidine rings is 1. The Morgan fingerprint density at radius 3 is 2.52 bits per heavy atom. The van der Waals surface area contributed by atoms with Gasteiger partial charge < -0.3 is 14.4 Å². The molecule has 0 bridgehead atoms. The van der Waals surface area contributed by atoms with Crippen LogP contribution in [0.4, 0.5) is 0 Å². The smallest absolute Gasteiger partial charge is 0.228 e. The quantitative estimate of drug-likeness (QED) is 0.840. The van der Waals surface area contributed by atoms with Gasteiger partial charge in [-0.3, -0.25) is 9.69 Å². The van der Waals surface area contributed by atoms with Crippen LogP contribution >= 0.6 is 0 Å². The average Bonchev–Trinajstić information content (AvgIpc) is 3.09. The lowest BCUT2D eigenvalue weighted by Gasteiger charge is -2.39. The van der Waals surface area contributed by atoms with E-state index >= 15 is 0 Å². The van der Waals surface area contributed by atoms with Crippen molar-refractivity contribution in [2.45, 2.75) is 31.4 Å². The molecule has 0 aliphatic carbocycles. The van der Waals surface area contributed by atoms with Crippen LogP contribution in [0.5, 0.6) is 0 Å². The van der Waals surface area contributed by atoms with Crippen molar-refractivity contribution in [2.75, 3.05) is 46.0 Å². The predicted octanol–water partition coefficient (Wildman–Crippen LogP) is 1.92. The van der Waals surface area contributed by atoms with E-state index in [1.807, 2.05) is 4.90 Å². The molecule has 5 heteroatoms. The molecular formula is C20H28N2O3. The van der Waals surface area contributed by atoms with Crippen molar-refractivity contribution in [2.24, 2.45) is 5.92 Å². The first-order chi connectivity index (χ1) is 12.2. The molecular weight excluding hydrogens is 316 g/mol. The van der Waals surface area contributed by atoms with E-state index in [1.165, 1.54) is 5.56 Å². The summed E-state index contributed by atoms with van der Waals surface area (Å²) in [6.45, 7) is 6.49. The molecule has 1 aromatic rings. The standard InChI is InChI=1S/C20H28N2O3/c23-19(22-10-12-24-13-11-22)18-14-20(25-16-18)6-8-21(9-7-20)15-17-4-2-1-3-5-17/h1-5,18H,6-16H2/t18-/m0/s1. The van der Waals surface area contributed by atoms with Crippen molar-refractivity contribution >= 4 is 5.91 Å². The molecule has 136 valence electrons. The monoisotopic (exact) mass is 344 g/mol. The first kappa shape index (κ1) is 17.0. The highest BCUT2D eigenvalue weighted by molar-refractivity contribution is 5.79. The van der Waals surface area contributed by atoms with Gasteiger partial charge in [-0.2, -0.15) is 0 Å². The summed E-state index contributed by atoms with van der Waals surface area (Å²) in [7, 11) is 0. The van der Waals surface area contributed by atoms with E-state index in [1.54, 1.807) is 0 Å². The second-order valence-corrected chi connectivity index (χ2v) is 7.59. The van der Waals surface area contributed by atoms with Gasteiger partial charge in [0.15, 0.2) is 0 Å². The summed E-state index contributed by atoms with van der Waals surface area (Å²) in [6.07, 6.45) is 2.96. The number of benzene rings is 1. The highest BCUT2D eigenvalue weighted by atomic mass is 16.5. The van der Waals surface area contributed by atoms with Crippen LogP contribution in [-0.4, -0.2) is 67.3 Å². The van der Waals surface area contributed by atoms with Gasteiger partial charge in [0.25, 0.3) is 0 Å². The normalized spacial score (nSPS) is 26.9. The first-order valence-corrected chi connectivity index (χ1v) is 9.51. The average molecular weight is 344 g/mol. The summed E-state index contributed by atoms with van der Waals surface area (Å²) < 4.78 is 11.6. The number of likely N-dealkylation sites (tertiary alicyclic amines) is 1. The molecule has 3 saturated heterocycles. The molecule has 3 aliphatic rings. The van der Waals surface area contributed by atoms with E-state index in [0.717, 1.165) is 52.0 Å². The summed E-state index contributed by atoms with van der Waals surface area (Å²) in [5, 5.41) is 0. The first-order valence-electron chi connectivity index (χ1n) is 9.51. The zero-order valence-electron chi connectivity index (χ0n) is 14.9. The third kappa shape index (κ3) is 3.89. The van der Waals surface area contributed by atoms with Gasteiger partial charge in [0.05, 0.1) is 31.3 Å². The van der Waals surface area contributed by atoms with E-state index in [2.05, 4.69) is 35.2 Å². The number of hydrogen-bond donors (Lipinski definition) is 0. The van der Waals surface area contributed by atoms with Gasteiger partial charge in [0.2, 0.25) is 5.91 Å². The van der Waals surface area contributed by atoms with E-state index in [-0.39, 0.29) is 17.4 Å². The lowest BCUT2D eigenvalue weighted by Crippen LogP contribution is -2.45. The fraction of sp³-hybridized carbons (Fsp3) is 0.650. The zero-order valence-corrected chi connectivity index (χ0v) is 14.9. The van der Waals surface area contributed by atoms with E-state index in [4.69, 9.17) is 9.47 Å². The number of ether oxygens (including phenoxy) is 2. The van der Waals surface area contributed by atoms with Gasteiger partial charge in [0.1, 0.15) is 0 Å². The second-order valence-electron chi connectivity index (χ2n) is 7.59. The van der Waals surface area contributed by atoms with Crippen molar-refractivity contribution in [3.63, 3.8) is 0 Å². The fourth-order valence-electron chi connectivity index (χ4n) is 4.35. The summed E-state index contributed by atoms with van der Waals surface area (Å²) in [6, 6.07) is 10.6. The minimum atomic E-state index is -0.0696. The molecule has 0 radical (unpaired) electrons. The molecule has 0 saturated carbocycles. The Labute approximate surface area is 149 Å². The number of amides is 1. The molecule has 0 unspecified atom stereocenters. The van der Waals surface area contributed by atoms with Gasteiger partial charge in [-0.05, 0) is 24.8 Å². The largest absolute Gasteiger partial charge is 0.378 e. The van der Waals surface area contributed by atoms with Gasteiger partial charge in [-0.15, -0.1) is 0 Å². The third-order valence-electron chi connectivity index (χ3n) is 5.90. The minimum Gasteiger partial charge on any atom is -0.378 e. The topological polar surface area (TPSA) is 42.0 Å². The van der Waals surface area contributed by atoms with Crippen LogP contribution in [0.15, 0.2) is 30.3 Å². The Bertz CT molecular complexity index is 578. The molecule has 1 aromatic carbocycles. The number of nitrogens with zero attached hydrogens (tertiary/aromatic N) is 2. The van der Waals surface area contributed by atoms with Crippen LogP contribution in [0.2, 0.25) is 0 Å². The van der Waals surface area contributed by atoms with E-state index in [0.29, 0.717) is 19.8 Å². The van der Waals surface area contributed by atoms with Crippen LogP contribution in [0, 0.1) is 5.92 Å². The molecule has 1 amide bonds. The molecule has 4 rings (SSSR count). The Morgan fingerprint density at radius 2 is 1.80 bits per heavy atom. The minimum absolute atomic E-state index is 0.0405. The second kappa shape index (κ2) is 7.44. The molecule has 0 aromatic heterocycles. The number of rotatable bonds is 3. The Hall–Kier alpha value is -1.43. The van der Waals surface area contributed by atoms with Gasteiger partial charge in [-0.25, -0.2) is 0 Å². The van der Waals surface area contributed by atoms with Crippen LogP contribution in [0.1, 0.15) is 24.8 Å². The van der Waals surface area contributed by atoms with Crippen LogP contribution < -0.4 is 0 Å². The molecule has 1 atom stereocenters. The molecule has 3 heterocycles. The lowest BCUT2D eigenvalue weighted by atomic mass is 9.85. The summed E-state index contributed by atoms with van der Waals surface area (Å²) in [4.78, 5) is 17.2. The Balaban J connectivity index is 1.29. The maximum atomic E-state index is 12.7. The number of carbonyl (C=O) groups is 1. The third-order valence-corrected chi connectivity index (χ3v) is 5.90. The number of morpholine rings is 1. The van der Waals surface area contributed by atoms with Crippen LogP contribution in [-0.2, 0) is 20.8 Å². The predicted molar refractivity (Wildman–Crippen MR) is 95.1 cm³/mol. The van der Waals surface area contributed by atoms with E-state index in [9.17, 15) is 4.79 Å². The van der Waals surface area contributed by atoms with Crippen molar-refractivity contribution in [3.05, 3.63) is 35.9 Å². The summed E-state index contributed by atoms with van der Waals surface area (Å²) >= 11 is 0. The molecule has 25 heavy (non-hydrogen) atoms. The van der Waals surface area contributed by atoms with Crippen molar-refractivity contribution in [1.82, 2.24) is 9.80 Å². The van der Waals surface area contributed by atoms with Gasteiger partial charge in [0, 0.05) is 32.7 Å². The number of hydrogen-bond acceptors (Lipinski definition) is 4. The van der Waals surface area contributed by atoms with Crippen LogP contribution in [0.25, 0.3) is 0 Å². The van der Waals surface area contributed by atoms with Crippen molar-refractivity contribution < 1.29 is 14.3 Å². The molecule has 3 aliphatic heterocycles. The molecule has 3 fully saturated rings. The SMILES string of the molecule is O=C([C@@H]1COC2(CCN(Cc3ccccc3)CC2)C1)N1CCOCC1. The maximum Gasteiger partial charge on any atom is 0.228 e. The number of carbonyl (C=O) groups excluding carboxylic acids is 1. The highest BCUT2D eigenvalue weighted by Gasteiger charge is 2.45. The fourth-order valence-corrected chi connectivity index (χ4v) is 4.35. The van der Waals surface area contributed by atoms with Crippen molar-refractivity contribution in [1.29, 1.82) is 0 Å². The molecule has 0 N–H and O–H groups in total. The maximum absolute atomic E-state index is 12.7. The summed E-state index contributed by atoms with van der Waals surface area (Å²) in [5.41, 5.74) is 1.30. The van der Waals surface area contributed by atoms with Crippen LogP contribution in [0.3, 0.4) is 0 Å². The highest BCUT2D eigenvalue weighted by Crippen LogP contribution is 2.39. The Kier molecular flexibility index (Phi) is 5.06. The summed E-state index contributed by atoms with van der Waals surface area (Å²) in [5.74, 6) is 0.311. The van der Waals surface area contributed by atoms with Crippen molar-refractivity contribution in [3.8, 4) is 0 Å². The lowest BCUT2D eigenvalue weighted by molar-refractivity contribution is -0.139. The van der Waals surface area contributed by atoms with E-state index < -0.39 is 0 Å². The van der Waals surface area contributed by atoms with Gasteiger partial charge >= 0.3 is 0 Å². The molecule has 1 spiro atoms. The Morgan fingerprint density at radius 1 is 1.08 bits per heavy atom. The molecule has 5 nitrogen and oxygen atoms in total. The zero-order chi connectivity index (χ0) is 17.1. The van der Waals surface area contributed by atoms with Gasteiger partial charge in [-0.1, -0.05) is 30.3 Å².